The number of pyridine rings is 1. The molecule has 6 nitrogen and oxygen atoms in total. The standard InChI is InChI=1S/C24H24ClN3O3/c1-14(2)24(29)28-20(15-8-6-5-7-9-15)12-19(27-28)17-10-16-11-21(30-3)22(31-4)13-18(16)26-23(17)25/h5-11,13-14,20H,12H2,1-4H3. The Kier molecular flexibility index (Phi) is 5.83. The molecule has 0 N–H and O–H groups in total. The molecule has 31 heavy (non-hydrogen) atoms. The predicted molar refractivity (Wildman–Crippen MR) is 122 cm³/mol. The van der Waals surface area contributed by atoms with Crippen molar-refractivity contribution in [1.29, 1.82) is 0 Å². The molecule has 0 saturated heterocycles. The molecule has 1 amide bonds. The van der Waals surface area contributed by atoms with Crippen LogP contribution in [-0.2, 0) is 4.79 Å². The number of aromatic nitrogens is 1. The number of hydrogen-bond donors (Lipinski definition) is 0. The van der Waals surface area contributed by atoms with Crippen molar-refractivity contribution in [3.05, 3.63) is 64.8 Å². The van der Waals surface area contributed by atoms with Gasteiger partial charge in [-0.05, 0) is 17.7 Å². The summed E-state index contributed by atoms with van der Waals surface area (Å²) in [6, 6.07) is 15.3. The van der Waals surface area contributed by atoms with Gasteiger partial charge in [0.1, 0.15) is 5.15 Å². The van der Waals surface area contributed by atoms with Crippen LogP contribution >= 0.6 is 11.6 Å². The Balaban J connectivity index is 1.79. The van der Waals surface area contributed by atoms with E-state index in [0.717, 1.165) is 16.7 Å². The summed E-state index contributed by atoms with van der Waals surface area (Å²) in [7, 11) is 3.17. The predicted octanol–water partition coefficient (Wildman–Crippen LogP) is 5.24. The quantitative estimate of drug-likeness (QED) is 0.512. The van der Waals surface area contributed by atoms with Gasteiger partial charge in [0.05, 0.1) is 31.5 Å². The van der Waals surface area contributed by atoms with Gasteiger partial charge >= 0.3 is 0 Å². The molecule has 1 atom stereocenters. The summed E-state index contributed by atoms with van der Waals surface area (Å²) in [5, 5.41) is 7.48. The highest BCUT2D eigenvalue weighted by Crippen LogP contribution is 2.37. The number of carbonyl (C=O) groups excluding carboxylic acids is 1. The maximum Gasteiger partial charge on any atom is 0.245 e. The molecule has 2 aromatic carbocycles. The van der Waals surface area contributed by atoms with E-state index in [1.165, 1.54) is 0 Å². The Hall–Kier alpha value is -3.12. The molecular weight excluding hydrogens is 414 g/mol. The molecule has 2 heterocycles. The van der Waals surface area contributed by atoms with Gasteiger partial charge < -0.3 is 9.47 Å². The first kappa shape index (κ1) is 21.1. The zero-order valence-electron chi connectivity index (χ0n) is 17.9. The maximum absolute atomic E-state index is 12.9. The smallest absolute Gasteiger partial charge is 0.245 e. The van der Waals surface area contributed by atoms with Crippen LogP contribution in [0.2, 0.25) is 5.15 Å². The number of amides is 1. The largest absolute Gasteiger partial charge is 0.493 e. The van der Waals surface area contributed by atoms with Gasteiger partial charge in [-0.1, -0.05) is 55.8 Å². The molecule has 1 aromatic heterocycles. The molecule has 7 heteroatoms. The average Bonchev–Trinajstić information content (AvgIpc) is 3.22. The van der Waals surface area contributed by atoms with Crippen LogP contribution in [0.15, 0.2) is 53.6 Å². The van der Waals surface area contributed by atoms with Crippen LogP contribution < -0.4 is 9.47 Å². The van der Waals surface area contributed by atoms with Gasteiger partial charge in [-0.25, -0.2) is 9.99 Å². The third kappa shape index (κ3) is 3.95. The minimum absolute atomic E-state index is 0.0277. The Morgan fingerprint density at radius 2 is 1.77 bits per heavy atom. The topological polar surface area (TPSA) is 64.0 Å². The lowest BCUT2D eigenvalue weighted by Gasteiger charge is -2.23. The molecule has 4 rings (SSSR count). The van der Waals surface area contributed by atoms with Crippen molar-refractivity contribution in [3.63, 3.8) is 0 Å². The van der Waals surface area contributed by atoms with Crippen LogP contribution in [0.5, 0.6) is 11.5 Å². The van der Waals surface area contributed by atoms with Crippen molar-refractivity contribution in [2.75, 3.05) is 14.2 Å². The van der Waals surface area contributed by atoms with Crippen molar-refractivity contribution >= 4 is 34.1 Å². The highest BCUT2D eigenvalue weighted by Gasteiger charge is 2.34. The molecule has 1 aliphatic heterocycles. The molecule has 0 bridgehead atoms. The molecule has 3 aromatic rings. The highest BCUT2D eigenvalue weighted by molar-refractivity contribution is 6.33. The molecule has 0 radical (unpaired) electrons. The molecule has 0 spiro atoms. The molecule has 160 valence electrons. The van der Waals surface area contributed by atoms with Crippen LogP contribution in [0.1, 0.15) is 37.4 Å². The molecule has 1 aliphatic rings. The number of nitrogens with zero attached hydrogens (tertiary/aromatic N) is 3. The number of rotatable bonds is 5. The molecule has 1 unspecified atom stereocenters. The second kappa shape index (κ2) is 8.55. The Morgan fingerprint density at radius 1 is 1.10 bits per heavy atom. The van der Waals surface area contributed by atoms with Crippen molar-refractivity contribution in [3.8, 4) is 11.5 Å². The Labute approximate surface area is 186 Å². The summed E-state index contributed by atoms with van der Waals surface area (Å²) in [5.74, 6) is 0.996. The first-order valence-corrected chi connectivity index (χ1v) is 10.5. The maximum atomic E-state index is 12.9. The summed E-state index contributed by atoms with van der Waals surface area (Å²) in [5.41, 5.74) is 3.17. The number of ether oxygens (including phenoxy) is 2. The number of hydrazone groups is 1. The van der Waals surface area contributed by atoms with E-state index in [4.69, 9.17) is 26.2 Å². The lowest BCUT2D eigenvalue weighted by atomic mass is 9.98. The lowest BCUT2D eigenvalue weighted by Crippen LogP contribution is -2.30. The van der Waals surface area contributed by atoms with Gasteiger partial charge in [-0.3, -0.25) is 4.79 Å². The first-order chi connectivity index (χ1) is 14.9. The third-order valence-corrected chi connectivity index (χ3v) is 5.69. The first-order valence-electron chi connectivity index (χ1n) is 10.1. The molecular formula is C24H24ClN3O3. The van der Waals surface area contributed by atoms with Crippen LogP contribution in [-0.4, -0.2) is 35.8 Å². The van der Waals surface area contributed by atoms with Crippen molar-refractivity contribution in [1.82, 2.24) is 9.99 Å². The van der Waals surface area contributed by atoms with Crippen LogP contribution in [0.4, 0.5) is 0 Å². The second-order valence-electron chi connectivity index (χ2n) is 7.74. The van der Waals surface area contributed by atoms with Gasteiger partial charge in [0.15, 0.2) is 11.5 Å². The monoisotopic (exact) mass is 437 g/mol. The fourth-order valence-electron chi connectivity index (χ4n) is 3.76. The van der Waals surface area contributed by atoms with Crippen LogP contribution in [0.25, 0.3) is 10.9 Å². The number of methoxy groups -OCH3 is 2. The van der Waals surface area contributed by atoms with Crippen LogP contribution in [0.3, 0.4) is 0 Å². The number of fused-ring (bicyclic) bond motifs is 1. The number of halogens is 1. The zero-order valence-corrected chi connectivity index (χ0v) is 18.7. The van der Waals surface area contributed by atoms with Gasteiger partial charge in [0.2, 0.25) is 5.91 Å². The molecule has 0 aliphatic carbocycles. The Bertz CT molecular complexity index is 1160. The molecule has 0 saturated carbocycles. The Morgan fingerprint density at radius 3 is 2.42 bits per heavy atom. The minimum atomic E-state index is -0.178. The highest BCUT2D eigenvalue weighted by atomic mass is 35.5. The average molecular weight is 438 g/mol. The van der Waals surface area contributed by atoms with E-state index >= 15 is 0 Å². The lowest BCUT2D eigenvalue weighted by molar-refractivity contribution is -0.136. The SMILES string of the molecule is COc1cc2cc(C3=NN(C(=O)C(C)C)C(c4ccccc4)C3)c(Cl)nc2cc1OC. The van der Waals surface area contributed by atoms with Gasteiger partial charge in [-0.15, -0.1) is 0 Å². The number of hydrogen-bond acceptors (Lipinski definition) is 5. The summed E-state index contributed by atoms with van der Waals surface area (Å²) < 4.78 is 10.8. The van der Waals surface area contributed by atoms with Gasteiger partial charge in [0.25, 0.3) is 0 Å². The number of carbonyl (C=O) groups is 1. The summed E-state index contributed by atoms with van der Waals surface area (Å²) in [6.07, 6.45) is 0.558. The fraction of sp³-hybridized carbons (Fsp3) is 0.292. The van der Waals surface area contributed by atoms with Gasteiger partial charge in [-0.2, -0.15) is 5.10 Å². The van der Waals surface area contributed by atoms with E-state index < -0.39 is 0 Å². The van der Waals surface area contributed by atoms with E-state index in [2.05, 4.69) is 4.98 Å². The fourth-order valence-corrected chi connectivity index (χ4v) is 4.01. The van der Waals surface area contributed by atoms with E-state index in [1.807, 2.05) is 56.3 Å². The second-order valence-corrected chi connectivity index (χ2v) is 8.10. The third-order valence-electron chi connectivity index (χ3n) is 5.40. The minimum Gasteiger partial charge on any atom is -0.493 e. The van der Waals surface area contributed by atoms with Crippen molar-refractivity contribution in [2.45, 2.75) is 26.3 Å². The van der Waals surface area contributed by atoms with Crippen LogP contribution in [0, 0.1) is 5.92 Å². The van der Waals surface area contributed by atoms with E-state index in [-0.39, 0.29) is 17.9 Å². The van der Waals surface area contributed by atoms with E-state index in [1.54, 1.807) is 25.3 Å². The zero-order chi connectivity index (χ0) is 22.1. The summed E-state index contributed by atoms with van der Waals surface area (Å²) >= 11 is 6.57. The molecule has 0 fully saturated rings. The van der Waals surface area contributed by atoms with E-state index in [0.29, 0.717) is 34.2 Å². The van der Waals surface area contributed by atoms with E-state index in [9.17, 15) is 4.79 Å². The van der Waals surface area contributed by atoms with Crippen molar-refractivity contribution < 1.29 is 14.3 Å². The van der Waals surface area contributed by atoms with Gasteiger partial charge in [0, 0.05) is 29.4 Å². The summed E-state index contributed by atoms with van der Waals surface area (Å²) in [4.78, 5) is 17.4. The normalized spacial score (nSPS) is 16.0. The van der Waals surface area contributed by atoms with Crippen molar-refractivity contribution in [2.24, 2.45) is 11.0 Å². The summed E-state index contributed by atoms with van der Waals surface area (Å²) in [6.45, 7) is 3.75. The number of benzene rings is 2.